The molecule has 1 aromatic carbocycles. The standard InChI is InChI=1S/C17H17N3O3/c1-10-7-13-5-3-12(9-14(13)18-17(10)22)4-6-16(21)19-15-8-11(2)23-20-15/h3,5,7-9H,4,6H2,1-2H3,(H,18,22)(H,19,20,21). The lowest BCUT2D eigenvalue weighted by Crippen LogP contribution is -2.12. The molecule has 2 N–H and O–H groups in total. The normalized spacial score (nSPS) is 10.9. The van der Waals surface area contributed by atoms with E-state index in [0.29, 0.717) is 30.0 Å². The van der Waals surface area contributed by atoms with Crippen LogP contribution >= 0.6 is 0 Å². The highest BCUT2D eigenvalue weighted by molar-refractivity contribution is 5.90. The number of nitrogens with one attached hydrogen (secondary N) is 2. The van der Waals surface area contributed by atoms with Crippen LogP contribution in [0.4, 0.5) is 5.82 Å². The molecule has 23 heavy (non-hydrogen) atoms. The van der Waals surface area contributed by atoms with Crippen LogP contribution in [0, 0.1) is 13.8 Å². The maximum absolute atomic E-state index is 11.9. The maximum Gasteiger partial charge on any atom is 0.251 e. The van der Waals surface area contributed by atoms with Gasteiger partial charge in [-0.25, -0.2) is 0 Å². The van der Waals surface area contributed by atoms with Crippen LogP contribution in [0.3, 0.4) is 0 Å². The third-order valence-electron chi connectivity index (χ3n) is 3.63. The second-order valence-corrected chi connectivity index (χ2v) is 5.57. The Balaban J connectivity index is 1.68. The van der Waals surface area contributed by atoms with Crippen molar-refractivity contribution < 1.29 is 9.32 Å². The summed E-state index contributed by atoms with van der Waals surface area (Å²) in [4.78, 5) is 26.4. The van der Waals surface area contributed by atoms with Crippen molar-refractivity contribution in [2.75, 3.05) is 5.32 Å². The molecular weight excluding hydrogens is 294 g/mol. The smallest absolute Gasteiger partial charge is 0.251 e. The van der Waals surface area contributed by atoms with Gasteiger partial charge in [-0.15, -0.1) is 0 Å². The predicted octanol–water partition coefficient (Wildman–Crippen LogP) is 2.70. The molecule has 0 radical (unpaired) electrons. The molecule has 2 aromatic heterocycles. The lowest BCUT2D eigenvalue weighted by Gasteiger charge is -2.05. The van der Waals surface area contributed by atoms with Gasteiger partial charge in [-0.1, -0.05) is 17.3 Å². The van der Waals surface area contributed by atoms with E-state index in [-0.39, 0.29) is 11.5 Å². The number of nitrogens with zero attached hydrogens (tertiary/aromatic N) is 1. The molecule has 0 bridgehead atoms. The first-order chi connectivity index (χ1) is 11.0. The van der Waals surface area contributed by atoms with Crippen LogP contribution < -0.4 is 10.9 Å². The summed E-state index contributed by atoms with van der Waals surface area (Å²) in [7, 11) is 0. The highest BCUT2D eigenvalue weighted by Crippen LogP contribution is 2.15. The molecule has 3 aromatic rings. The molecule has 0 aliphatic heterocycles. The van der Waals surface area contributed by atoms with Gasteiger partial charge in [-0.2, -0.15) is 0 Å². The van der Waals surface area contributed by atoms with Gasteiger partial charge in [0.2, 0.25) is 5.91 Å². The Labute approximate surface area is 132 Å². The van der Waals surface area contributed by atoms with E-state index in [1.54, 1.807) is 19.9 Å². The molecule has 0 fully saturated rings. The zero-order chi connectivity index (χ0) is 16.4. The number of benzene rings is 1. The van der Waals surface area contributed by atoms with E-state index in [0.717, 1.165) is 16.5 Å². The molecule has 0 atom stereocenters. The molecule has 2 heterocycles. The lowest BCUT2D eigenvalue weighted by atomic mass is 10.1. The number of aryl methyl sites for hydroxylation is 3. The molecule has 0 unspecified atom stereocenters. The quantitative estimate of drug-likeness (QED) is 0.775. The largest absolute Gasteiger partial charge is 0.360 e. The molecule has 6 nitrogen and oxygen atoms in total. The summed E-state index contributed by atoms with van der Waals surface area (Å²) in [5, 5.41) is 7.39. The van der Waals surface area contributed by atoms with Crippen molar-refractivity contribution in [3.8, 4) is 0 Å². The van der Waals surface area contributed by atoms with Crippen molar-refractivity contribution >= 4 is 22.6 Å². The molecule has 0 aliphatic rings. The Morgan fingerprint density at radius 1 is 1.26 bits per heavy atom. The second kappa shape index (κ2) is 6.08. The minimum absolute atomic E-state index is 0.0891. The van der Waals surface area contributed by atoms with E-state index in [4.69, 9.17) is 4.52 Å². The number of pyridine rings is 1. The number of aromatic nitrogens is 2. The fraction of sp³-hybridized carbons (Fsp3) is 0.235. The number of carbonyl (C=O) groups excluding carboxylic acids is 1. The number of hydrogen-bond acceptors (Lipinski definition) is 4. The number of fused-ring (bicyclic) bond motifs is 1. The van der Waals surface area contributed by atoms with Crippen LogP contribution in [0.15, 0.2) is 39.6 Å². The Morgan fingerprint density at radius 3 is 2.83 bits per heavy atom. The van der Waals surface area contributed by atoms with Crippen molar-refractivity contribution in [1.29, 1.82) is 0 Å². The number of hydrogen-bond donors (Lipinski definition) is 2. The Morgan fingerprint density at radius 2 is 2.09 bits per heavy atom. The van der Waals surface area contributed by atoms with Gasteiger partial charge in [0.1, 0.15) is 5.76 Å². The van der Waals surface area contributed by atoms with Gasteiger partial charge in [-0.05, 0) is 43.4 Å². The van der Waals surface area contributed by atoms with Crippen molar-refractivity contribution in [2.45, 2.75) is 26.7 Å². The lowest BCUT2D eigenvalue weighted by molar-refractivity contribution is -0.116. The monoisotopic (exact) mass is 311 g/mol. The average molecular weight is 311 g/mol. The molecule has 118 valence electrons. The van der Waals surface area contributed by atoms with Gasteiger partial charge in [-0.3, -0.25) is 9.59 Å². The van der Waals surface area contributed by atoms with E-state index >= 15 is 0 Å². The van der Waals surface area contributed by atoms with Crippen LogP contribution in [0.2, 0.25) is 0 Å². The average Bonchev–Trinajstić information content (AvgIpc) is 2.91. The van der Waals surface area contributed by atoms with E-state index in [9.17, 15) is 9.59 Å². The van der Waals surface area contributed by atoms with E-state index in [1.165, 1.54) is 0 Å². The van der Waals surface area contributed by atoms with Crippen molar-refractivity contribution in [3.63, 3.8) is 0 Å². The zero-order valence-electron chi connectivity index (χ0n) is 13.0. The van der Waals surface area contributed by atoms with Crippen LogP contribution in [-0.4, -0.2) is 16.0 Å². The first kappa shape index (κ1) is 15.0. The topological polar surface area (TPSA) is 88.0 Å². The van der Waals surface area contributed by atoms with Gasteiger partial charge < -0.3 is 14.8 Å². The van der Waals surface area contributed by atoms with Gasteiger partial charge >= 0.3 is 0 Å². The maximum atomic E-state index is 11.9. The molecule has 1 amide bonds. The van der Waals surface area contributed by atoms with Gasteiger partial charge in [0.15, 0.2) is 5.82 Å². The fourth-order valence-corrected chi connectivity index (χ4v) is 2.40. The first-order valence-electron chi connectivity index (χ1n) is 7.37. The molecule has 0 saturated carbocycles. The molecule has 0 aliphatic carbocycles. The van der Waals surface area contributed by atoms with E-state index < -0.39 is 0 Å². The van der Waals surface area contributed by atoms with Crippen LogP contribution in [0.25, 0.3) is 10.9 Å². The summed E-state index contributed by atoms with van der Waals surface area (Å²) in [6.07, 6.45) is 0.905. The SMILES string of the molecule is Cc1cc(NC(=O)CCc2ccc3cc(C)c(=O)[nH]c3c2)no1. The summed E-state index contributed by atoms with van der Waals surface area (Å²) in [5.74, 6) is 0.940. The third kappa shape index (κ3) is 3.48. The highest BCUT2D eigenvalue weighted by atomic mass is 16.5. The summed E-state index contributed by atoms with van der Waals surface area (Å²) >= 11 is 0. The summed E-state index contributed by atoms with van der Waals surface area (Å²) < 4.78 is 4.90. The predicted molar refractivity (Wildman–Crippen MR) is 87.5 cm³/mol. The minimum Gasteiger partial charge on any atom is -0.360 e. The number of aromatic amines is 1. The van der Waals surface area contributed by atoms with Crippen molar-refractivity contribution in [1.82, 2.24) is 10.1 Å². The number of carbonyl (C=O) groups is 1. The van der Waals surface area contributed by atoms with Gasteiger partial charge in [0.05, 0.1) is 0 Å². The van der Waals surface area contributed by atoms with Gasteiger partial charge in [0, 0.05) is 23.6 Å². The molecular formula is C17H17N3O3. The fourth-order valence-electron chi connectivity index (χ4n) is 2.40. The summed E-state index contributed by atoms with van der Waals surface area (Å²) in [6, 6.07) is 9.35. The minimum atomic E-state index is -0.129. The van der Waals surface area contributed by atoms with E-state index in [2.05, 4.69) is 15.5 Å². The molecule has 0 spiro atoms. The molecule has 0 saturated heterocycles. The van der Waals surface area contributed by atoms with Crippen molar-refractivity contribution in [2.24, 2.45) is 0 Å². The molecule has 3 rings (SSSR count). The Kier molecular flexibility index (Phi) is 3.97. The number of rotatable bonds is 4. The number of H-pyrrole nitrogens is 1. The number of amides is 1. The zero-order valence-corrected chi connectivity index (χ0v) is 13.0. The van der Waals surface area contributed by atoms with Crippen LogP contribution in [0.5, 0.6) is 0 Å². The van der Waals surface area contributed by atoms with E-state index in [1.807, 2.05) is 24.3 Å². The molecule has 6 heteroatoms. The van der Waals surface area contributed by atoms with Gasteiger partial charge in [0.25, 0.3) is 5.56 Å². The Bertz CT molecular complexity index is 924. The summed E-state index contributed by atoms with van der Waals surface area (Å²) in [6.45, 7) is 3.54. The van der Waals surface area contributed by atoms with Crippen LogP contribution in [-0.2, 0) is 11.2 Å². The third-order valence-corrected chi connectivity index (χ3v) is 3.63. The second-order valence-electron chi connectivity index (χ2n) is 5.57. The Hall–Kier alpha value is -2.89. The first-order valence-corrected chi connectivity index (χ1v) is 7.37. The van der Waals surface area contributed by atoms with Crippen LogP contribution in [0.1, 0.15) is 23.3 Å². The highest BCUT2D eigenvalue weighted by Gasteiger charge is 2.07. The van der Waals surface area contributed by atoms with Crippen molar-refractivity contribution in [3.05, 3.63) is 57.6 Å². The summed E-state index contributed by atoms with van der Waals surface area (Å²) in [5.41, 5.74) is 2.37. The number of anilines is 1.